The van der Waals surface area contributed by atoms with Gasteiger partial charge in [-0.05, 0) is 71.9 Å². The quantitative estimate of drug-likeness (QED) is 0.399. The summed E-state index contributed by atoms with van der Waals surface area (Å²) in [5.74, 6) is 0.242. The molecule has 32 heavy (non-hydrogen) atoms. The molecule has 1 aliphatic carbocycles. The van der Waals surface area contributed by atoms with E-state index < -0.39 is 5.82 Å². The number of nitrogens with two attached hydrogens (primary N) is 1. The van der Waals surface area contributed by atoms with Crippen molar-refractivity contribution >= 4 is 11.5 Å². The van der Waals surface area contributed by atoms with Crippen molar-refractivity contribution in [2.24, 2.45) is 11.1 Å². The number of pyridine rings is 1. The highest BCUT2D eigenvalue weighted by molar-refractivity contribution is 5.63. The topological polar surface area (TPSA) is 72.2 Å². The monoisotopic (exact) mass is 442 g/mol. The van der Waals surface area contributed by atoms with Gasteiger partial charge in [-0.2, -0.15) is 0 Å². The molecule has 1 aromatic heterocycles. The van der Waals surface area contributed by atoms with Gasteiger partial charge >= 0.3 is 0 Å². The minimum atomic E-state index is -0.453. The lowest BCUT2D eigenvalue weighted by Crippen LogP contribution is -2.43. The Labute approximate surface area is 192 Å². The molecule has 0 amide bonds. The third-order valence-electron chi connectivity index (χ3n) is 5.61. The van der Waals surface area contributed by atoms with Crippen molar-refractivity contribution in [2.45, 2.75) is 78.5 Å². The van der Waals surface area contributed by atoms with E-state index in [2.05, 4.69) is 60.0 Å². The number of allylic oxidation sites excluding steroid dienone is 4. The molecule has 1 heterocycles. The lowest BCUT2D eigenvalue weighted by atomic mass is 9.78. The van der Waals surface area contributed by atoms with Crippen molar-refractivity contribution in [2.75, 3.05) is 5.32 Å². The molecule has 1 unspecified atom stereocenters. The number of ether oxygens (including phenoxy) is 1. The number of anilines is 1. The second-order valence-corrected chi connectivity index (χ2v) is 9.98. The summed E-state index contributed by atoms with van der Waals surface area (Å²) in [6.07, 6.45) is 11.3. The predicted molar refractivity (Wildman–Crippen MR) is 132 cm³/mol. The Morgan fingerprint density at radius 1 is 1.34 bits per heavy atom. The van der Waals surface area contributed by atoms with E-state index in [1.807, 2.05) is 27.7 Å². The fourth-order valence-corrected chi connectivity index (χ4v) is 3.83. The molecule has 4 N–H and O–H groups in total. The lowest BCUT2D eigenvalue weighted by molar-refractivity contribution is 0.0381. The van der Waals surface area contributed by atoms with E-state index >= 15 is 0 Å². The standard InChI is InChI=1S/C26H39FN4O/c1-17(28)21-16-22(27)24(30-18(21)2)31-23(12-15-26(8)13-10-9-11-14-26)19(3)29-20(4)32-25(5,6)7/h9-11,13,16,19,23,29H,1,4,12,14-15,28H2,2-3,5-8H3,(H,30,31)/t19-,23?,26-/m0/s1. The number of aromatic nitrogens is 1. The normalized spacial score (nSPS) is 19.8. The minimum Gasteiger partial charge on any atom is -0.474 e. The maximum absolute atomic E-state index is 14.9. The average molecular weight is 443 g/mol. The van der Waals surface area contributed by atoms with Crippen molar-refractivity contribution in [3.63, 3.8) is 0 Å². The minimum absolute atomic E-state index is 0.0658. The van der Waals surface area contributed by atoms with E-state index in [1.54, 1.807) is 6.92 Å². The first-order valence-corrected chi connectivity index (χ1v) is 11.2. The van der Waals surface area contributed by atoms with E-state index in [0.29, 0.717) is 22.8 Å². The van der Waals surface area contributed by atoms with Crippen molar-refractivity contribution in [1.29, 1.82) is 0 Å². The van der Waals surface area contributed by atoms with Gasteiger partial charge < -0.3 is 21.1 Å². The van der Waals surface area contributed by atoms with E-state index in [1.165, 1.54) is 6.07 Å². The first-order valence-electron chi connectivity index (χ1n) is 11.2. The SMILES string of the molecule is C=C(N[C@@H](C)C(CC[C@@]1(C)C=CC=CC1)Nc1nc(C)c(C(=C)N)cc1F)OC(C)(C)C. The Morgan fingerprint density at radius 3 is 2.59 bits per heavy atom. The molecule has 0 spiro atoms. The number of nitrogens with one attached hydrogen (secondary N) is 2. The van der Waals surface area contributed by atoms with Crippen LogP contribution in [-0.2, 0) is 4.74 Å². The van der Waals surface area contributed by atoms with Gasteiger partial charge in [0.1, 0.15) is 5.60 Å². The zero-order valence-corrected chi connectivity index (χ0v) is 20.4. The highest BCUT2D eigenvalue weighted by Crippen LogP contribution is 2.34. The Hall–Kier alpha value is -2.76. The smallest absolute Gasteiger partial charge is 0.180 e. The molecule has 0 fully saturated rings. The van der Waals surface area contributed by atoms with Crippen LogP contribution in [0.4, 0.5) is 10.2 Å². The van der Waals surface area contributed by atoms with Crippen LogP contribution in [0.2, 0.25) is 0 Å². The van der Waals surface area contributed by atoms with Gasteiger partial charge in [-0.25, -0.2) is 9.37 Å². The number of hydrogen-bond donors (Lipinski definition) is 3. The summed E-state index contributed by atoms with van der Waals surface area (Å²) < 4.78 is 20.7. The summed E-state index contributed by atoms with van der Waals surface area (Å²) >= 11 is 0. The molecule has 0 saturated carbocycles. The molecular formula is C26H39FN4O. The summed E-state index contributed by atoms with van der Waals surface area (Å²) in [6, 6.07) is 1.20. The van der Waals surface area contributed by atoms with Crippen molar-refractivity contribution in [1.82, 2.24) is 10.3 Å². The van der Waals surface area contributed by atoms with Gasteiger partial charge in [0.15, 0.2) is 17.5 Å². The Kier molecular flexibility index (Phi) is 8.16. The highest BCUT2D eigenvalue weighted by atomic mass is 19.1. The number of nitrogens with zero attached hydrogens (tertiary/aromatic N) is 1. The van der Waals surface area contributed by atoms with Gasteiger partial charge in [0.05, 0.1) is 0 Å². The van der Waals surface area contributed by atoms with Crippen molar-refractivity contribution < 1.29 is 9.13 Å². The van der Waals surface area contributed by atoms with Crippen LogP contribution in [0.1, 0.15) is 65.1 Å². The Morgan fingerprint density at radius 2 is 2.03 bits per heavy atom. The van der Waals surface area contributed by atoms with Gasteiger partial charge in [0.2, 0.25) is 0 Å². The van der Waals surface area contributed by atoms with E-state index in [9.17, 15) is 4.39 Å². The summed E-state index contributed by atoms with van der Waals surface area (Å²) in [5.41, 5.74) is 6.93. The fourth-order valence-electron chi connectivity index (χ4n) is 3.83. The molecule has 2 rings (SSSR count). The zero-order valence-electron chi connectivity index (χ0n) is 20.4. The van der Waals surface area contributed by atoms with Crippen LogP contribution in [0.15, 0.2) is 49.4 Å². The van der Waals surface area contributed by atoms with Crippen molar-refractivity contribution in [3.8, 4) is 0 Å². The Balaban J connectivity index is 2.22. The molecule has 1 aliphatic rings. The van der Waals surface area contributed by atoms with Gasteiger partial charge in [-0.15, -0.1) is 0 Å². The van der Waals surface area contributed by atoms with Gasteiger partial charge in [0, 0.05) is 29.0 Å². The van der Waals surface area contributed by atoms with Crippen LogP contribution in [0.25, 0.3) is 5.70 Å². The molecule has 6 heteroatoms. The molecule has 5 nitrogen and oxygen atoms in total. The third kappa shape index (κ3) is 7.43. The third-order valence-corrected chi connectivity index (χ3v) is 5.61. The summed E-state index contributed by atoms with van der Waals surface area (Å²) in [6.45, 7) is 19.7. The second-order valence-electron chi connectivity index (χ2n) is 9.98. The molecule has 0 bridgehead atoms. The van der Waals surface area contributed by atoms with E-state index in [4.69, 9.17) is 10.5 Å². The number of rotatable bonds is 10. The van der Waals surface area contributed by atoms with Gasteiger partial charge in [0.25, 0.3) is 0 Å². The summed E-state index contributed by atoms with van der Waals surface area (Å²) in [5, 5.41) is 6.65. The number of hydrogen-bond acceptors (Lipinski definition) is 5. The zero-order chi connectivity index (χ0) is 24.1. The molecule has 0 aliphatic heterocycles. The Bertz CT molecular complexity index is 900. The predicted octanol–water partition coefficient (Wildman–Crippen LogP) is 5.81. The fraction of sp³-hybridized carbons (Fsp3) is 0.500. The van der Waals surface area contributed by atoms with Gasteiger partial charge in [-0.1, -0.05) is 37.8 Å². The summed E-state index contributed by atoms with van der Waals surface area (Å²) in [4.78, 5) is 4.43. The largest absolute Gasteiger partial charge is 0.474 e. The first-order chi connectivity index (χ1) is 14.8. The number of halogens is 1. The average Bonchev–Trinajstić information content (AvgIpc) is 2.66. The molecule has 1 aromatic rings. The van der Waals surface area contributed by atoms with Crippen molar-refractivity contribution in [3.05, 3.63) is 66.5 Å². The van der Waals surface area contributed by atoms with Crippen LogP contribution in [0.5, 0.6) is 0 Å². The maximum atomic E-state index is 14.9. The van der Waals surface area contributed by atoms with Crippen LogP contribution < -0.4 is 16.4 Å². The summed E-state index contributed by atoms with van der Waals surface area (Å²) in [7, 11) is 0. The van der Waals surface area contributed by atoms with E-state index in [-0.39, 0.29) is 28.9 Å². The van der Waals surface area contributed by atoms with Crippen LogP contribution in [-0.4, -0.2) is 22.7 Å². The molecule has 0 radical (unpaired) electrons. The maximum Gasteiger partial charge on any atom is 0.180 e. The van der Waals surface area contributed by atoms with Crippen LogP contribution >= 0.6 is 0 Å². The lowest BCUT2D eigenvalue weighted by Gasteiger charge is -2.33. The highest BCUT2D eigenvalue weighted by Gasteiger charge is 2.27. The van der Waals surface area contributed by atoms with E-state index in [0.717, 1.165) is 19.3 Å². The van der Waals surface area contributed by atoms with Crippen LogP contribution in [0.3, 0.4) is 0 Å². The number of aryl methyl sites for hydroxylation is 1. The van der Waals surface area contributed by atoms with Gasteiger partial charge in [-0.3, -0.25) is 0 Å². The molecule has 0 aromatic carbocycles. The molecule has 176 valence electrons. The first kappa shape index (κ1) is 25.5. The molecule has 0 saturated heterocycles. The molecule has 3 atom stereocenters. The second kappa shape index (κ2) is 10.2. The van der Waals surface area contributed by atoms with Crippen LogP contribution in [0, 0.1) is 18.2 Å². The molecular weight excluding hydrogens is 403 g/mol.